The molecule has 0 saturated carbocycles. The van der Waals surface area contributed by atoms with Crippen LogP contribution in [0.2, 0.25) is 0 Å². The highest BCUT2D eigenvalue weighted by molar-refractivity contribution is 5.95. The highest BCUT2D eigenvalue weighted by Crippen LogP contribution is 2.27. The molecular formula is C35H47N3O6. The van der Waals surface area contributed by atoms with Crippen molar-refractivity contribution in [2.75, 3.05) is 0 Å². The van der Waals surface area contributed by atoms with Crippen LogP contribution in [-0.4, -0.2) is 52.1 Å². The maximum Gasteiger partial charge on any atom is 0.408 e. The molecule has 0 aliphatic heterocycles. The molecule has 0 saturated heterocycles. The Hall–Kier alpha value is -4.32. The van der Waals surface area contributed by atoms with Crippen LogP contribution in [0.15, 0.2) is 48.5 Å². The van der Waals surface area contributed by atoms with Gasteiger partial charge >= 0.3 is 12.1 Å². The Morgan fingerprint density at radius 1 is 0.886 bits per heavy atom. The number of nitrogens with zero attached hydrogens (tertiary/aromatic N) is 1. The summed E-state index contributed by atoms with van der Waals surface area (Å²) < 4.78 is 11.0. The molecule has 2 aromatic carbocycles. The van der Waals surface area contributed by atoms with Gasteiger partial charge in [-0.3, -0.25) is 14.5 Å². The number of benzene rings is 2. The summed E-state index contributed by atoms with van der Waals surface area (Å²) in [6.07, 6.45) is 5.31. The van der Waals surface area contributed by atoms with Crippen molar-refractivity contribution in [2.24, 2.45) is 5.92 Å². The van der Waals surface area contributed by atoms with Gasteiger partial charge in [-0.25, -0.2) is 9.59 Å². The number of terminal acetylenes is 1. The van der Waals surface area contributed by atoms with E-state index in [9.17, 15) is 19.2 Å². The van der Waals surface area contributed by atoms with Gasteiger partial charge in [-0.1, -0.05) is 74.4 Å². The minimum absolute atomic E-state index is 0.153. The van der Waals surface area contributed by atoms with Gasteiger partial charge in [0.2, 0.25) is 5.91 Å². The third-order valence-corrected chi connectivity index (χ3v) is 6.51. The number of amides is 3. The first-order chi connectivity index (χ1) is 20.3. The van der Waals surface area contributed by atoms with E-state index in [2.05, 4.69) is 16.7 Å². The fourth-order valence-electron chi connectivity index (χ4n) is 4.48. The SMILES string of the molecule is C#CN(C(=O)C(NC(=O)OC(C)(C)C)C(C)C)C(C(=O)NC(Cc1ccccc1)C(=O)OC(C)(C)C)c1cc(C)ccc1C. The molecule has 0 aliphatic carbocycles. The van der Waals surface area contributed by atoms with Crippen molar-refractivity contribution >= 4 is 23.9 Å². The predicted molar refractivity (Wildman–Crippen MR) is 170 cm³/mol. The lowest BCUT2D eigenvalue weighted by Crippen LogP contribution is -2.55. The number of hydrogen-bond acceptors (Lipinski definition) is 6. The maximum absolute atomic E-state index is 14.3. The van der Waals surface area contributed by atoms with Crippen molar-refractivity contribution in [1.29, 1.82) is 0 Å². The van der Waals surface area contributed by atoms with E-state index in [-0.39, 0.29) is 6.42 Å². The number of nitrogens with one attached hydrogen (secondary N) is 2. The van der Waals surface area contributed by atoms with Crippen LogP contribution in [-0.2, 0) is 30.3 Å². The smallest absolute Gasteiger partial charge is 0.408 e. The number of alkyl carbamates (subject to hydrolysis) is 1. The Bertz CT molecular complexity index is 1370. The maximum atomic E-state index is 14.3. The Labute approximate surface area is 262 Å². The lowest BCUT2D eigenvalue weighted by atomic mass is 9.94. The standard InChI is InChI=1S/C35H47N3O6/c1-12-38(31(40)28(22(2)3)37-33(42)44-35(9,10)11)29(26-20-23(4)18-19-24(26)5)30(39)36-27(32(41)43-34(6,7)8)21-25-16-14-13-15-17-25/h1,13-20,22,27-29H,21H2,2-11H3,(H,36,39)(H,37,42). The summed E-state index contributed by atoms with van der Waals surface area (Å²) >= 11 is 0. The Kier molecular flexibility index (Phi) is 12.2. The third kappa shape index (κ3) is 10.7. The minimum atomic E-state index is -1.32. The monoisotopic (exact) mass is 605 g/mol. The molecule has 0 aliphatic rings. The van der Waals surface area contributed by atoms with E-state index in [4.69, 9.17) is 15.9 Å². The van der Waals surface area contributed by atoms with E-state index in [0.29, 0.717) is 11.1 Å². The first-order valence-electron chi connectivity index (χ1n) is 14.8. The molecule has 2 N–H and O–H groups in total. The molecule has 0 fully saturated rings. The molecule has 3 amide bonds. The van der Waals surface area contributed by atoms with Crippen LogP contribution in [0.1, 0.15) is 83.7 Å². The van der Waals surface area contributed by atoms with Crippen molar-refractivity contribution in [3.8, 4) is 12.5 Å². The van der Waals surface area contributed by atoms with Crippen molar-refractivity contribution in [3.63, 3.8) is 0 Å². The number of rotatable bonds is 10. The summed E-state index contributed by atoms with van der Waals surface area (Å²) in [5.74, 6) is -2.37. The lowest BCUT2D eigenvalue weighted by Gasteiger charge is -2.33. The van der Waals surface area contributed by atoms with Crippen molar-refractivity contribution in [2.45, 2.75) is 105 Å². The summed E-state index contributed by atoms with van der Waals surface area (Å²) in [6, 6.07) is 13.6. The molecular weight excluding hydrogens is 558 g/mol. The molecule has 9 nitrogen and oxygen atoms in total. The predicted octanol–water partition coefficient (Wildman–Crippen LogP) is 5.38. The number of ether oxygens (including phenoxy) is 2. The number of carbonyl (C=O) groups is 4. The van der Waals surface area contributed by atoms with Crippen LogP contribution in [0, 0.1) is 32.2 Å². The summed E-state index contributed by atoms with van der Waals surface area (Å²) in [7, 11) is 0. The number of hydrogen-bond donors (Lipinski definition) is 2. The normalized spacial score (nSPS) is 13.6. The lowest BCUT2D eigenvalue weighted by molar-refractivity contribution is -0.159. The summed E-state index contributed by atoms with van der Waals surface area (Å²) in [5, 5.41) is 5.45. The van der Waals surface area contributed by atoms with Gasteiger partial charge in [-0.2, -0.15) is 0 Å². The molecule has 0 radical (unpaired) electrons. The molecule has 2 aromatic rings. The molecule has 2 rings (SSSR count). The summed E-state index contributed by atoms with van der Waals surface area (Å²) in [5.41, 5.74) is 1.24. The van der Waals surface area contributed by atoms with Gasteiger partial charge in [0.15, 0.2) is 0 Å². The van der Waals surface area contributed by atoms with Gasteiger partial charge in [0, 0.05) is 12.5 Å². The largest absolute Gasteiger partial charge is 0.458 e. The fourth-order valence-corrected chi connectivity index (χ4v) is 4.48. The van der Waals surface area contributed by atoms with Gasteiger partial charge in [0.05, 0.1) is 0 Å². The van der Waals surface area contributed by atoms with E-state index in [1.807, 2.05) is 56.3 Å². The molecule has 0 spiro atoms. The third-order valence-electron chi connectivity index (χ3n) is 6.51. The van der Waals surface area contributed by atoms with E-state index in [1.54, 1.807) is 61.5 Å². The first-order valence-corrected chi connectivity index (χ1v) is 14.8. The molecule has 238 valence electrons. The number of esters is 1. The van der Waals surface area contributed by atoms with Crippen LogP contribution in [0.3, 0.4) is 0 Å². The molecule has 9 heteroatoms. The molecule has 3 atom stereocenters. The van der Waals surface area contributed by atoms with Gasteiger partial charge in [0.1, 0.15) is 29.3 Å². The van der Waals surface area contributed by atoms with Crippen molar-refractivity contribution < 1.29 is 28.7 Å². The molecule has 0 bridgehead atoms. The summed E-state index contributed by atoms with van der Waals surface area (Å²) in [6.45, 7) is 17.5. The van der Waals surface area contributed by atoms with E-state index in [0.717, 1.165) is 16.0 Å². The fraction of sp³-hybridized carbons (Fsp3) is 0.486. The van der Waals surface area contributed by atoms with E-state index >= 15 is 0 Å². The Balaban J connectivity index is 2.59. The second-order valence-electron chi connectivity index (χ2n) is 13.3. The van der Waals surface area contributed by atoms with Crippen LogP contribution in [0.25, 0.3) is 0 Å². The molecule has 0 heterocycles. The molecule has 0 aromatic heterocycles. The van der Waals surface area contributed by atoms with Crippen LogP contribution < -0.4 is 10.6 Å². The zero-order valence-electron chi connectivity index (χ0n) is 27.6. The average molecular weight is 606 g/mol. The van der Waals surface area contributed by atoms with Gasteiger partial charge in [-0.05, 0) is 78.0 Å². The van der Waals surface area contributed by atoms with Crippen molar-refractivity contribution in [3.05, 3.63) is 70.8 Å². The first kappa shape index (κ1) is 35.9. The topological polar surface area (TPSA) is 114 Å². The quantitative estimate of drug-likeness (QED) is 0.214. The second kappa shape index (κ2) is 14.9. The summed E-state index contributed by atoms with van der Waals surface area (Å²) in [4.78, 5) is 55.4. The number of carbonyl (C=O) groups excluding carboxylic acids is 4. The number of aryl methyl sites for hydroxylation is 2. The highest BCUT2D eigenvalue weighted by atomic mass is 16.6. The van der Waals surface area contributed by atoms with Crippen molar-refractivity contribution in [1.82, 2.24) is 15.5 Å². The zero-order valence-corrected chi connectivity index (χ0v) is 27.6. The average Bonchev–Trinajstić information content (AvgIpc) is 2.89. The van der Waals surface area contributed by atoms with Crippen LogP contribution in [0.4, 0.5) is 4.79 Å². The Morgan fingerprint density at radius 2 is 1.48 bits per heavy atom. The van der Waals surface area contributed by atoms with Gasteiger partial charge < -0.3 is 20.1 Å². The minimum Gasteiger partial charge on any atom is -0.458 e. The van der Waals surface area contributed by atoms with Gasteiger partial charge in [-0.15, -0.1) is 0 Å². The van der Waals surface area contributed by atoms with Crippen LogP contribution in [0.5, 0.6) is 0 Å². The van der Waals surface area contributed by atoms with E-state index < -0.39 is 59.1 Å². The second-order valence-corrected chi connectivity index (χ2v) is 13.3. The van der Waals surface area contributed by atoms with E-state index in [1.165, 1.54) is 0 Å². The molecule has 3 unspecified atom stereocenters. The highest BCUT2D eigenvalue weighted by Gasteiger charge is 2.39. The Morgan fingerprint density at radius 3 is 2.00 bits per heavy atom. The molecule has 44 heavy (non-hydrogen) atoms. The van der Waals surface area contributed by atoms with Gasteiger partial charge in [0.25, 0.3) is 5.91 Å². The van der Waals surface area contributed by atoms with Crippen LogP contribution >= 0.6 is 0 Å². The zero-order chi connectivity index (χ0) is 33.4.